The van der Waals surface area contributed by atoms with E-state index in [9.17, 15) is 14.9 Å². The molecule has 2 N–H and O–H groups in total. The fourth-order valence-electron chi connectivity index (χ4n) is 3.05. The van der Waals surface area contributed by atoms with Crippen molar-refractivity contribution < 1.29 is 9.72 Å². The number of aromatic nitrogens is 1. The number of nitrogens with one attached hydrogen (secondary N) is 2. The molecule has 0 aliphatic rings. The van der Waals surface area contributed by atoms with Gasteiger partial charge in [0.15, 0.2) is 5.11 Å². The third-order valence-corrected chi connectivity index (χ3v) is 5.97. The normalized spacial score (nSPS) is 10.9. The lowest BCUT2D eigenvalue weighted by atomic mass is 10.2. The molecule has 0 aliphatic carbocycles. The van der Waals surface area contributed by atoms with Gasteiger partial charge in [-0.1, -0.05) is 6.07 Å². The van der Waals surface area contributed by atoms with E-state index in [0.717, 1.165) is 26.5 Å². The van der Waals surface area contributed by atoms with E-state index in [1.54, 1.807) is 29.5 Å². The predicted octanol–water partition coefficient (Wildman–Crippen LogP) is 5.71. The lowest BCUT2D eigenvalue weighted by Crippen LogP contribution is -2.32. The molecule has 7 nitrogen and oxygen atoms in total. The average molecular weight is 475 g/mol. The van der Waals surface area contributed by atoms with Gasteiger partial charge in [-0.3, -0.25) is 20.2 Å². The van der Waals surface area contributed by atoms with Crippen LogP contribution in [0.1, 0.15) is 11.1 Å². The Bertz CT molecular complexity index is 1380. The Labute approximate surface area is 198 Å². The quantitative estimate of drug-likeness (QED) is 0.167. The molecule has 1 amide bonds. The smallest absolute Gasteiger partial charge is 0.269 e. The fourth-order valence-corrected chi connectivity index (χ4v) is 4.33. The summed E-state index contributed by atoms with van der Waals surface area (Å²) in [5.74, 6) is -0.410. The second-order valence-electron chi connectivity index (χ2n) is 7.19. The molecule has 33 heavy (non-hydrogen) atoms. The van der Waals surface area contributed by atoms with Crippen LogP contribution in [-0.2, 0) is 4.79 Å². The highest BCUT2D eigenvalue weighted by Crippen LogP contribution is 2.31. The number of hydrogen-bond acceptors (Lipinski definition) is 6. The lowest BCUT2D eigenvalue weighted by molar-refractivity contribution is -0.384. The van der Waals surface area contributed by atoms with E-state index < -0.39 is 10.8 Å². The van der Waals surface area contributed by atoms with Gasteiger partial charge >= 0.3 is 0 Å². The third-order valence-electron chi connectivity index (χ3n) is 4.70. The van der Waals surface area contributed by atoms with Crippen molar-refractivity contribution in [2.45, 2.75) is 6.92 Å². The summed E-state index contributed by atoms with van der Waals surface area (Å²) in [4.78, 5) is 27.0. The zero-order valence-electron chi connectivity index (χ0n) is 17.4. The first kappa shape index (κ1) is 22.3. The molecular weight excluding hydrogens is 456 g/mol. The largest absolute Gasteiger partial charge is 0.332 e. The van der Waals surface area contributed by atoms with E-state index in [1.807, 2.05) is 30.3 Å². The molecule has 4 rings (SSSR count). The first-order valence-electron chi connectivity index (χ1n) is 9.89. The van der Waals surface area contributed by atoms with Gasteiger partial charge in [0.25, 0.3) is 5.69 Å². The highest BCUT2D eigenvalue weighted by atomic mass is 32.1. The molecule has 0 fully saturated rings. The molecule has 3 aromatic carbocycles. The van der Waals surface area contributed by atoms with Crippen LogP contribution in [0.25, 0.3) is 26.9 Å². The van der Waals surface area contributed by atoms with Crippen LogP contribution in [0.4, 0.5) is 11.4 Å². The van der Waals surface area contributed by atoms with Crippen LogP contribution in [0.3, 0.4) is 0 Å². The number of nitro groups is 1. The van der Waals surface area contributed by atoms with E-state index in [4.69, 9.17) is 12.2 Å². The summed E-state index contributed by atoms with van der Waals surface area (Å²) in [5.41, 5.74) is 4.58. The van der Waals surface area contributed by atoms with Gasteiger partial charge in [0.2, 0.25) is 5.91 Å². The number of aryl methyl sites for hydroxylation is 1. The number of benzene rings is 3. The minimum atomic E-state index is -0.475. The monoisotopic (exact) mass is 474 g/mol. The molecule has 1 aromatic heterocycles. The molecular formula is C24H18N4O3S2. The highest BCUT2D eigenvalue weighted by Gasteiger charge is 2.08. The molecule has 0 atom stereocenters. The van der Waals surface area contributed by atoms with Crippen LogP contribution in [0, 0.1) is 17.0 Å². The van der Waals surface area contributed by atoms with Crippen molar-refractivity contribution in [2.24, 2.45) is 0 Å². The van der Waals surface area contributed by atoms with Gasteiger partial charge in [-0.2, -0.15) is 0 Å². The number of rotatable bonds is 5. The van der Waals surface area contributed by atoms with Crippen LogP contribution in [0.5, 0.6) is 0 Å². The first-order chi connectivity index (χ1) is 15.9. The van der Waals surface area contributed by atoms with Gasteiger partial charge in [-0.05, 0) is 84.9 Å². The Morgan fingerprint density at radius 1 is 1.09 bits per heavy atom. The van der Waals surface area contributed by atoms with Crippen LogP contribution >= 0.6 is 23.6 Å². The molecule has 1 heterocycles. The first-order valence-corrected chi connectivity index (χ1v) is 11.1. The number of fused-ring (bicyclic) bond motifs is 1. The zero-order chi connectivity index (χ0) is 23.4. The van der Waals surface area contributed by atoms with Crippen molar-refractivity contribution in [3.05, 3.63) is 94.0 Å². The molecule has 0 saturated carbocycles. The van der Waals surface area contributed by atoms with Gasteiger partial charge in [-0.25, -0.2) is 4.98 Å². The predicted molar refractivity (Wildman–Crippen MR) is 136 cm³/mol. The minimum absolute atomic E-state index is 0.00812. The second kappa shape index (κ2) is 9.68. The number of hydrogen-bond donors (Lipinski definition) is 2. The van der Waals surface area contributed by atoms with Crippen molar-refractivity contribution in [3.8, 4) is 10.6 Å². The molecule has 0 saturated heterocycles. The maximum Gasteiger partial charge on any atom is 0.269 e. The molecule has 0 bridgehead atoms. The van der Waals surface area contributed by atoms with E-state index in [2.05, 4.69) is 34.7 Å². The van der Waals surface area contributed by atoms with Crippen molar-refractivity contribution in [1.82, 2.24) is 10.3 Å². The molecule has 0 unspecified atom stereocenters. The number of nitro benzene ring substituents is 1. The summed E-state index contributed by atoms with van der Waals surface area (Å²) in [6, 6.07) is 19.7. The Balaban J connectivity index is 1.34. The average Bonchev–Trinajstić information content (AvgIpc) is 3.21. The second-order valence-corrected chi connectivity index (χ2v) is 8.63. The number of thiocarbonyl (C=S) groups is 1. The molecule has 0 aliphatic heterocycles. The van der Waals surface area contributed by atoms with Crippen molar-refractivity contribution in [3.63, 3.8) is 0 Å². The van der Waals surface area contributed by atoms with Crippen molar-refractivity contribution in [1.29, 1.82) is 0 Å². The van der Waals surface area contributed by atoms with Crippen LogP contribution in [-0.4, -0.2) is 20.9 Å². The Kier molecular flexibility index (Phi) is 6.53. The molecule has 4 aromatic rings. The van der Waals surface area contributed by atoms with Crippen LogP contribution in [0.15, 0.2) is 72.8 Å². The topological polar surface area (TPSA) is 97.2 Å². The van der Waals surface area contributed by atoms with E-state index in [1.165, 1.54) is 23.8 Å². The number of thiazole rings is 1. The number of nitrogens with zero attached hydrogens (tertiary/aromatic N) is 2. The number of carbonyl (C=O) groups excluding carboxylic acids is 1. The Morgan fingerprint density at radius 3 is 2.52 bits per heavy atom. The number of amides is 1. The van der Waals surface area contributed by atoms with E-state index in [-0.39, 0.29) is 10.8 Å². The van der Waals surface area contributed by atoms with Gasteiger partial charge in [0.1, 0.15) is 5.01 Å². The Hall–Kier alpha value is -3.95. The summed E-state index contributed by atoms with van der Waals surface area (Å²) in [6.45, 7) is 2.06. The number of anilines is 1. The lowest BCUT2D eigenvalue weighted by Gasteiger charge is -2.08. The maximum atomic E-state index is 12.1. The summed E-state index contributed by atoms with van der Waals surface area (Å²) < 4.78 is 1.15. The number of carbonyl (C=O) groups is 1. The standard InChI is InChI=1S/C24H18N4O3S2/c1-15-2-12-20-21(14-15)33-23(26-20)17-6-8-18(9-7-17)25-24(32)27-22(29)13-5-16-3-10-19(11-4-16)28(30)31/h2-14H,1H3,(H2,25,27,29,32)/b13-5+. The fraction of sp³-hybridized carbons (Fsp3) is 0.0417. The summed E-state index contributed by atoms with van der Waals surface area (Å²) in [5, 5.41) is 17.3. The minimum Gasteiger partial charge on any atom is -0.332 e. The van der Waals surface area contributed by atoms with Crippen LogP contribution < -0.4 is 10.6 Å². The van der Waals surface area contributed by atoms with Gasteiger partial charge < -0.3 is 5.32 Å². The summed E-state index contributed by atoms with van der Waals surface area (Å²) in [6.07, 6.45) is 2.86. The van der Waals surface area contributed by atoms with E-state index >= 15 is 0 Å². The summed E-state index contributed by atoms with van der Waals surface area (Å²) >= 11 is 6.85. The van der Waals surface area contributed by atoms with Crippen molar-refractivity contribution >= 4 is 62.2 Å². The zero-order valence-corrected chi connectivity index (χ0v) is 19.1. The van der Waals surface area contributed by atoms with Crippen molar-refractivity contribution in [2.75, 3.05) is 5.32 Å². The molecule has 164 valence electrons. The molecule has 0 spiro atoms. The highest BCUT2D eigenvalue weighted by molar-refractivity contribution is 7.80. The van der Waals surface area contributed by atoms with Crippen LogP contribution in [0.2, 0.25) is 0 Å². The third kappa shape index (κ3) is 5.65. The van der Waals surface area contributed by atoms with Gasteiger partial charge in [0, 0.05) is 29.5 Å². The van der Waals surface area contributed by atoms with Gasteiger partial charge in [-0.15, -0.1) is 11.3 Å². The van der Waals surface area contributed by atoms with E-state index in [0.29, 0.717) is 5.56 Å². The molecule has 9 heteroatoms. The maximum absolute atomic E-state index is 12.1. The number of non-ortho nitro benzene ring substituents is 1. The Morgan fingerprint density at radius 2 is 1.82 bits per heavy atom. The molecule has 0 radical (unpaired) electrons. The van der Waals surface area contributed by atoms with Gasteiger partial charge in [0.05, 0.1) is 15.1 Å². The summed E-state index contributed by atoms with van der Waals surface area (Å²) in [7, 11) is 0. The SMILES string of the molecule is Cc1ccc2nc(-c3ccc(NC(=S)NC(=O)/C=C/c4ccc([N+](=O)[O-])cc4)cc3)sc2c1.